The van der Waals surface area contributed by atoms with E-state index in [9.17, 15) is 8.42 Å². The van der Waals surface area contributed by atoms with Crippen LogP contribution in [0.5, 0.6) is 0 Å². The van der Waals surface area contributed by atoms with Crippen LogP contribution >= 0.6 is 0 Å². The van der Waals surface area contributed by atoms with Crippen molar-refractivity contribution in [2.45, 2.75) is 0 Å². The number of nitrogens with one attached hydrogen (secondary N) is 1. The first-order valence-electron chi connectivity index (χ1n) is 4.22. The maximum absolute atomic E-state index is 10.7. The molecule has 0 atom stereocenters. The molecule has 16 heavy (non-hydrogen) atoms. The van der Waals surface area contributed by atoms with Gasteiger partial charge in [-0.1, -0.05) is 0 Å². The maximum Gasteiger partial charge on any atom is 0.296 e. The minimum absolute atomic E-state index is 0.363. The summed E-state index contributed by atoms with van der Waals surface area (Å²) >= 11 is 0. The van der Waals surface area contributed by atoms with Crippen molar-refractivity contribution in [3.8, 4) is 11.5 Å². The number of hydrogen-bond acceptors (Lipinski definition) is 5. The van der Waals surface area contributed by atoms with Gasteiger partial charge >= 0.3 is 0 Å². The highest BCUT2D eigenvalue weighted by Gasteiger charge is 2.05. The topological polar surface area (TPSA) is 111 Å². The van der Waals surface area contributed by atoms with E-state index in [2.05, 4.69) is 14.9 Å². The fraction of sp³-hybridized carbons (Fsp3) is 0. The lowest BCUT2D eigenvalue weighted by Crippen LogP contribution is -2.21. The van der Waals surface area contributed by atoms with Crippen LogP contribution in [0.4, 0.5) is 5.69 Å². The van der Waals surface area contributed by atoms with Crippen molar-refractivity contribution < 1.29 is 12.8 Å². The molecule has 0 saturated carbocycles. The fourth-order valence-electron chi connectivity index (χ4n) is 1.14. The summed E-state index contributed by atoms with van der Waals surface area (Å²) in [5, 5.41) is 12.1. The first-order chi connectivity index (χ1) is 7.54. The van der Waals surface area contributed by atoms with E-state index in [4.69, 9.17) is 9.56 Å². The minimum Gasteiger partial charge on any atom is -0.423 e. The van der Waals surface area contributed by atoms with Gasteiger partial charge in [-0.3, -0.25) is 4.72 Å². The molecular formula is C8H8N4O3S. The number of nitrogens with two attached hydrogens (primary N) is 1. The monoisotopic (exact) mass is 240 g/mol. The molecule has 0 unspecified atom stereocenters. The predicted molar refractivity (Wildman–Crippen MR) is 56.5 cm³/mol. The molecule has 2 aromatic rings. The Morgan fingerprint density at radius 1 is 1.25 bits per heavy atom. The smallest absolute Gasteiger partial charge is 0.296 e. The van der Waals surface area contributed by atoms with Gasteiger partial charge in [-0.25, -0.2) is 5.14 Å². The Morgan fingerprint density at radius 2 is 1.94 bits per heavy atom. The van der Waals surface area contributed by atoms with E-state index in [1.54, 1.807) is 24.3 Å². The molecule has 84 valence electrons. The van der Waals surface area contributed by atoms with Crippen molar-refractivity contribution in [1.29, 1.82) is 0 Å². The molecular weight excluding hydrogens is 232 g/mol. The number of benzene rings is 1. The predicted octanol–water partition coefficient (Wildman–Crippen LogP) is 0.352. The molecule has 2 rings (SSSR count). The van der Waals surface area contributed by atoms with Crippen LogP contribution in [-0.4, -0.2) is 18.6 Å². The Hall–Kier alpha value is -1.93. The van der Waals surface area contributed by atoms with Gasteiger partial charge in [0.25, 0.3) is 10.2 Å². The highest BCUT2D eigenvalue weighted by Crippen LogP contribution is 2.18. The molecule has 7 nitrogen and oxygen atoms in total. The first-order valence-corrected chi connectivity index (χ1v) is 5.76. The van der Waals surface area contributed by atoms with Crippen molar-refractivity contribution >= 4 is 15.9 Å². The van der Waals surface area contributed by atoms with Gasteiger partial charge in [0.1, 0.15) is 0 Å². The molecule has 0 aliphatic rings. The third kappa shape index (κ3) is 2.55. The van der Waals surface area contributed by atoms with E-state index in [1.165, 1.54) is 6.39 Å². The van der Waals surface area contributed by atoms with E-state index in [1.807, 2.05) is 0 Å². The molecule has 0 amide bonds. The molecule has 3 N–H and O–H groups in total. The molecule has 0 bridgehead atoms. The van der Waals surface area contributed by atoms with Crippen molar-refractivity contribution in [3.63, 3.8) is 0 Å². The Labute approximate surface area is 91.5 Å². The Kier molecular flexibility index (Phi) is 2.59. The highest BCUT2D eigenvalue weighted by molar-refractivity contribution is 7.90. The van der Waals surface area contributed by atoms with Gasteiger partial charge in [0, 0.05) is 11.3 Å². The van der Waals surface area contributed by atoms with Crippen LogP contribution in [-0.2, 0) is 10.2 Å². The SMILES string of the molecule is NS(=O)(=O)Nc1ccc(-c2nnco2)cc1. The molecule has 0 fully saturated rings. The lowest BCUT2D eigenvalue weighted by Gasteiger charge is -2.03. The van der Waals surface area contributed by atoms with Gasteiger partial charge in [0.15, 0.2) is 0 Å². The standard InChI is InChI=1S/C8H8N4O3S/c9-16(13,14)12-7-3-1-6(2-4-7)8-11-10-5-15-8/h1-5,12H,(H2,9,13,14). The summed E-state index contributed by atoms with van der Waals surface area (Å²) in [6, 6.07) is 6.37. The van der Waals surface area contributed by atoms with Crippen LogP contribution in [0.1, 0.15) is 0 Å². The summed E-state index contributed by atoms with van der Waals surface area (Å²) in [5.74, 6) is 0.363. The largest absolute Gasteiger partial charge is 0.423 e. The van der Waals surface area contributed by atoms with E-state index >= 15 is 0 Å². The zero-order chi connectivity index (χ0) is 11.6. The number of anilines is 1. The van der Waals surface area contributed by atoms with E-state index < -0.39 is 10.2 Å². The normalized spacial score (nSPS) is 11.3. The summed E-state index contributed by atoms with van der Waals surface area (Å²) in [7, 11) is -3.75. The number of nitrogens with zero attached hydrogens (tertiary/aromatic N) is 2. The quantitative estimate of drug-likeness (QED) is 0.804. The molecule has 0 radical (unpaired) electrons. The third-order valence-electron chi connectivity index (χ3n) is 1.75. The van der Waals surface area contributed by atoms with E-state index in [-0.39, 0.29) is 0 Å². The molecule has 0 aliphatic carbocycles. The number of aromatic nitrogens is 2. The molecule has 8 heteroatoms. The molecule has 1 aromatic carbocycles. The van der Waals surface area contributed by atoms with Crippen LogP contribution in [0.15, 0.2) is 35.1 Å². The summed E-state index contributed by atoms with van der Waals surface area (Å²) in [6.45, 7) is 0. The lowest BCUT2D eigenvalue weighted by atomic mass is 10.2. The van der Waals surface area contributed by atoms with Crippen molar-refractivity contribution in [2.75, 3.05) is 4.72 Å². The Bertz CT molecular complexity index is 562. The second-order valence-corrected chi connectivity index (χ2v) is 4.26. The first kappa shape index (κ1) is 10.6. The second-order valence-electron chi connectivity index (χ2n) is 2.97. The minimum atomic E-state index is -3.75. The van der Waals surface area contributed by atoms with Gasteiger partial charge < -0.3 is 4.42 Å². The van der Waals surface area contributed by atoms with Gasteiger partial charge in [-0.2, -0.15) is 8.42 Å². The van der Waals surface area contributed by atoms with Crippen molar-refractivity contribution in [3.05, 3.63) is 30.7 Å². The van der Waals surface area contributed by atoms with Gasteiger partial charge in [-0.05, 0) is 24.3 Å². The summed E-state index contributed by atoms with van der Waals surface area (Å²) in [4.78, 5) is 0. The molecule has 0 spiro atoms. The number of hydrogen-bond donors (Lipinski definition) is 2. The van der Waals surface area contributed by atoms with E-state index in [0.717, 1.165) is 0 Å². The zero-order valence-electron chi connectivity index (χ0n) is 7.99. The molecule has 1 heterocycles. The van der Waals surface area contributed by atoms with Gasteiger partial charge in [0.05, 0.1) is 0 Å². The molecule has 0 saturated heterocycles. The fourth-order valence-corrected chi connectivity index (χ4v) is 1.61. The van der Waals surface area contributed by atoms with Crippen molar-refractivity contribution in [1.82, 2.24) is 10.2 Å². The summed E-state index contributed by atoms with van der Waals surface area (Å²) in [5.41, 5.74) is 1.06. The second kappa shape index (κ2) is 3.91. The van der Waals surface area contributed by atoms with Crippen LogP contribution in [0.2, 0.25) is 0 Å². The van der Waals surface area contributed by atoms with Crippen LogP contribution in [0.3, 0.4) is 0 Å². The summed E-state index contributed by atoms with van der Waals surface area (Å²) in [6.07, 6.45) is 1.21. The van der Waals surface area contributed by atoms with E-state index in [0.29, 0.717) is 17.1 Å². The van der Waals surface area contributed by atoms with Crippen molar-refractivity contribution in [2.24, 2.45) is 5.14 Å². The number of rotatable bonds is 3. The van der Waals surface area contributed by atoms with Gasteiger partial charge in [0.2, 0.25) is 12.3 Å². The zero-order valence-corrected chi connectivity index (χ0v) is 8.81. The Morgan fingerprint density at radius 3 is 2.44 bits per heavy atom. The summed E-state index contributed by atoms with van der Waals surface area (Å²) < 4.78 is 28.6. The maximum atomic E-state index is 10.7. The average molecular weight is 240 g/mol. The van der Waals surface area contributed by atoms with Gasteiger partial charge in [-0.15, -0.1) is 10.2 Å². The van der Waals surface area contributed by atoms with Crippen LogP contribution in [0.25, 0.3) is 11.5 Å². The molecule has 0 aliphatic heterocycles. The average Bonchev–Trinajstić information content (AvgIpc) is 2.69. The Balaban J connectivity index is 2.24. The third-order valence-corrected chi connectivity index (χ3v) is 2.27. The lowest BCUT2D eigenvalue weighted by molar-refractivity contribution is 0.568. The van der Waals surface area contributed by atoms with Crippen LogP contribution < -0.4 is 9.86 Å². The highest BCUT2D eigenvalue weighted by atomic mass is 32.2. The van der Waals surface area contributed by atoms with Crippen LogP contribution in [0, 0.1) is 0 Å². The molecule has 1 aromatic heterocycles.